The van der Waals surface area contributed by atoms with Gasteiger partial charge in [0.1, 0.15) is 12.4 Å². The van der Waals surface area contributed by atoms with Crippen molar-refractivity contribution in [3.8, 4) is 5.75 Å². The Hall–Kier alpha value is -1.72. The molecule has 0 amide bonds. The van der Waals surface area contributed by atoms with E-state index in [0.717, 1.165) is 26.2 Å². The van der Waals surface area contributed by atoms with Crippen molar-refractivity contribution in [1.29, 1.82) is 0 Å². The van der Waals surface area contributed by atoms with E-state index in [1.807, 2.05) is 48.5 Å². The number of rotatable bonds is 7. The first-order valence-corrected chi connectivity index (χ1v) is 10.3. The first-order chi connectivity index (χ1) is 13.5. The Balaban J connectivity index is 1.56. The molecule has 0 heterocycles. The van der Waals surface area contributed by atoms with Crippen LogP contribution in [-0.4, -0.2) is 6.21 Å². The largest absolute Gasteiger partial charge is 0.488 e. The molecule has 28 heavy (non-hydrogen) atoms. The van der Waals surface area contributed by atoms with Gasteiger partial charge in [-0.1, -0.05) is 59.1 Å². The molecule has 3 rings (SSSR count). The van der Waals surface area contributed by atoms with Crippen molar-refractivity contribution in [3.63, 3.8) is 0 Å². The van der Waals surface area contributed by atoms with Gasteiger partial charge in [0.25, 0.3) is 0 Å². The predicted octanol–water partition coefficient (Wildman–Crippen LogP) is 7.11. The van der Waals surface area contributed by atoms with Crippen LogP contribution >= 0.6 is 50.7 Å². The second-order valence-corrected chi connectivity index (χ2v) is 8.00. The molecule has 0 saturated heterocycles. The minimum absolute atomic E-state index is 0.349. The van der Waals surface area contributed by atoms with E-state index >= 15 is 0 Å². The second kappa shape index (κ2) is 10.2. The Labute approximate surface area is 187 Å². The molecule has 0 unspecified atom stereocenters. The molecule has 0 fully saturated rings. The van der Waals surface area contributed by atoms with Crippen LogP contribution in [0.1, 0.15) is 16.7 Å². The van der Waals surface area contributed by atoms with Crippen LogP contribution < -0.4 is 10.2 Å². The number of ether oxygens (including phenoxy) is 1. The zero-order valence-corrected chi connectivity index (χ0v) is 18.5. The molecule has 3 aromatic carbocycles. The molecular formula is C21H16BrCl3N2O. The third-order valence-corrected chi connectivity index (χ3v) is 5.46. The summed E-state index contributed by atoms with van der Waals surface area (Å²) in [5.41, 5.74) is 5.78. The van der Waals surface area contributed by atoms with Gasteiger partial charge in [0, 0.05) is 20.6 Å². The summed E-state index contributed by atoms with van der Waals surface area (Å²) >= 11 is 21.7. The van der Waals surface area contributed by atoms with Crippen LogP contribution in [-0.2, 0) is 13.2 Å². The highest BCUT2D eigenvalue weighted by Gasteiger charge is 2.06. The van der Waals surface area contributed by atoms with E-state index in [-0.39, 0.29) is 0 Å². The lowest BCUT2D eigenvalue weighted by Crippen LogP contribution is -2.06. The Morgan fingerprint density at radius 2 is 1.75 bits per heavy atom. The quantitative estimate of drug-likeness (QED) is 0.278. The van der Waals surface area contributed by atoms with Crippen LogP contribution in [0.5, 0.6) is 5.75 Å². The Morgan fingerprint density at radius 3 is 2.50 bits per heavy atom. The first kappa shape index (κ1) is 21.0. The van der Waals surface area contributed by atoms with E-state index in [9.17, 15) is 0 Å². The third kappa shape index (κ3) is 5.89. The highest BCUT2D eigenvalue weighted by atomic mass is 79.9. The van der Waals surface area contributed by atoms with Crippen LogP contribution in [0, 0.1) is 0 Å². The fourth-order valence-electron chi connectivity index (χ4n) is 2.40. The molecule has 7 heteroatoms. The van der Waals surface area contributed by atoms with Crippen LogP contribution in [0.3, 0.4) is 0 Å². The average Bonchev–Trinajstić information content (AvgIpc) is 2.67. The smallest absolute Gasteiger partial charge is 0.134 e. The maximum absolute atomic E-state index is 6.18. The summed E-state index contributed by atoms with van der Waals surface area (Å²) in [4.78, 5) is 0. The summed E-state index contributed by atoms with van der Waals surface area (Å²) in [6.07, 6.45) is 1.74. The Kier molecular flexibility index (Phi) is 7.63. The number of nitrogens with one attached hydrogen (secondary N) is 1. The predicted molar refractivity (Wildman–Crippen MR) is 121 cm³/mol. The van der Waals surface area contributed by atoms with Crippen molar-refractivity contribution < 1.29 is 4.74 Å². The molecule has 144 valence electrons. The highest BCUT2D eigenvalue weighted by molar-refractivity contribution is 9.10. The molecule has 0 radical (unpaired) electrons. The molecule has 0 atom stereocenters. The van der Waals surface area contributed by atoms with Gasteiger partial charge in [0.05, 0.1) is 17.2 Å². The summed E-state index contributed by atoms with van der Waals surface area (Å²) in [6.45, 7) is 0.905. The van der Waals surface area contributed by atoms with E-state index in [1.54, 1.807) is 18.3 Å². The van der Waals surface area contributed by atoms with Crippen LogP contribution in [0.2, 0.25) is 15.1 Å². The number of halogens is 4. The van der Waals surface area contributed by atoms with Gasteiger partial charge in [-0.2, -0.15) is 5.10 Å². The van der Waals surface area contributed by atoms with Crippen molar-refractivity contribution in [3.05, 3.63) is 96.9 Å². The summed E-state index contributed by atoms with van der Waals surface area (Å²) in [5, 5.41) is 6.13. The number of benzene rings is 3. The van der Waals surface area contributed by atoms with Gasteiger partial charge in [0.15, 0.2) is 0 Å². The summed E-state index contributed by atoms with van der Waals surface area (Å²) < 4.78 is 6.67. The SMILES string of the molecule is Clc1ccc(COc2ccc(/C=N\NCc3ccccc3Cl)cc2Br)c(Cl)c1. The van der Waals surface area contributed by atoms with Crippen molar-refractivity contribution >= 4 is 56.9 Å². The molecule has 0 aromatic heterocycles. The van der Waals surface area contributed by atoms with Crippen LogP contribution in [0.15, 0.2) is 70.2 Å². The van der Waals surface area contributed by atoms with Crippen LogP contribution in [0.4, 0.5) is 0 Å². The molecule has 0 aliphatic carbocycles. The Morgan fingerprint density at radius 1 is 0.929 bits per heavy atom. The van der Waals surface area contributed by atoms with Gasteiger partial charge >= 0.3 is 0 Å². The molecule has 0 spiro atoms. The van der Waals surface area contributed by atoms with E-state index in [2.05, 4.69) is 26.5 Å². The summed E-state index contributed by atoms with van der Waals surface area (Å²) in [6, 6.07) is 18.7. The Bertz CT molecular complexity index is 995. The number of hydrazone groups is 1. The number of nitrogens with zero attached hydrogens (tertiary/aromatic N) is 1. The van der Waals surface area contributed by atoms with E-state index in [1.165, 1.54) is 0 Å². The third-order valence-electron chi connectivity index (χ3n) is 3.89. The lowest BCUT2D eigenvalue weighted by Gasteiger charge is -2.10. The van der Waals surface area contributed by atoms with E-state index in [4.69, 9.17) is 39.5 Å². The molecule has 1 N–H and O–H groups in total. The normalized spacial score (nSPS) is 11.0. The van der Waals surface area contributed by atoms with Gasteiger partial charge in [-0.25, -0.2) is 0 Å². The number of hydrogen-bond donors (Lipinski definition) is 1. The van der Waals surface area contributed by atoms with Gasteiger partial charge in [0.2, 0.25) is 0 Å². The fraction of sp³-hybridized carbons (Fsp3) is 0.0952. The first-order valence-electron chi connectivity index (χ1n) is 8.38. The minimum atomic E-state index is 0.349. The van der Waals surface area contributed by atoms with Crippen molar-refractivity contribution in [2.75, 3.05) is 0 Å². The average molecular weight is 499 g/mol. The second-order valence-electron chi connectivity index (χ2n) is 5.90. The summed E-state index contributed by atoms with van der Waals surface area (Å²) in [7, 11) is 0. The molecule has 0 aliphatic heterocycles. The van der Waals surface area contributed by atoms with Crippen molar-refractivity contribution in [2.45, 2.75) is 13.2 Å². The standard InChI is InChI=1S/C21H16BrCl3N2O/c22-18-9-14(11-26-27-12-15-3-1-2-4-19(15)24)5-8-21(18)28-13-16-6-7-17(23)10-20(16)25/h1-11,27H,12-13H2/b26-11-. The maximum Gasteiger partial charge on any atom is 0.134 e. The molecule has 0 bridgehead atoms. The molecular weight excluding hydrogens is 483 g/mol. The maximum atomic E-state index is 6.18. The zero-order valence-electron chi connectivity index (χ0n) is 14.6. The minimum Gasteiger partial charge on any atom is -0.488 e. The molecule has 0 aliphatic rings. The lowest BCUT2D eigenvalue weighted by atomic mass is 10.2. The lowest BCUT2D eigenvalue weighted by molar-refractivity contribution is 0.304. The molecule has 3 nitrogen and oxygen atoms in total. The highest BCUT2D eigenvalue weighted by Crippen LogP contribution is 2.28. The topological polar surface area (TPSA) is 33.6 Å². The molecule has 3 aromatic rings. The summed E-state index contributed by atoms with van der Waals surface area (Å²) in [5.74, 6) is 0.715. The molecule has 0 saturated carbocycles. The van der Waals surface area contributed by atoms with Crippen molar-refractivity contribution in [1.82, 2.24) is 5.43 Å². The van der Waals surface area contributed by atoms with Gasteiger partial charge in [-0.15, -0.1) is 0 Å². The fourth-order valence-corrected chi connectivity index (χ4v) is 3.58. The van der Waals surface area contributed by atoms with Crippen LogP contribution in [0.25, 0.3) is 0 Å². The zero-order chi connectivity index (χ0) is 19.9. The monoisotopic (exact) mass is 496 g/mol. The number of hydrogen-bond acceptors (Lipinski definition) is 3. The van der Waals surface area contributed by atoms with Gasteiger partial charge < -0.3 is 10.2 Å². The van der Waals surface area contributed by atoms with Crippen molar-refractivity contribution in [2.24, 2.45) is 5.10 Å². The van der Waals surface area contributed by atoms with E-state index < -0.39 is 0 Å². The van der Waals surface area contributed by atoms with Gasteiger partial charge in [-0.05, 0) is 63.5 Å². The van der Waals surface area contributed by atoms with E-state index in [0.29, 0.717) is 28.9 Å². The van der Waals surface area contributed by atoms with Gasteiger partial charge in [-0.3, -0.25) is 0 Å².